The van der Waals surface area contributed by atoms with Gasteiger partial charge < -0.3 is 25.3 Å². The minimum Gasteiger partial charge on any atom is -0.368 e. The number of halogens is 1. The zero-order valence-corrected chi connectivity index (χ0v) is 24.6. The number of nitrogens with two attached hydrogens (primary N) is 1. The van der Waals surface area contributed by atoms with E-state index in [-0.39, 0.29) is 11.9 Å². The Hall–Kier alpha value is -3.75. The molecule has 2 aromatic heterocycles. The molecule has 9 heteroatoms. The van der Waals surface area contributed by atoms with Crippen molar-refractivity contribution in [2.75, 3.05) is 32.4 Å². The number of amides is 1. The number of nitrogen functional groups attached to an aromatic ring is 1. The number of rotatable bonds is 9. The van der Waals surface area contributed by atoms with Gasteiger partial charge in [-0.1, -0.05) is 41.9 Å². The quantitative estimate of drug-likeness (QED) is 0.256. The van der Waals surface area contributed by atoms with Gasteiger partial charge in [-0.05, 0) is 69.0 Å². The molecule has 1 amide bonds. The number of aryl methyl sites for hydroxylation is 1. The van der Waals surface area contributed by atoms with Gasteiger partial charge in [0.1, 0.15) is 6.29 Å². The van der Waals surface area contributed by atoms with Crippen molar-refractivity contribution in [2.45, 2.75) is 51.5 Å². The Morgan fingerprint density at radius 3 is 2.59 bits per heavy atom. The number of anilines is 1. The van der Waals surface area contributed by atoms with Gasteiger partial charge in [0.25, 0.3) is 0 Å². The first-order valence-corrected chi connectivity index (χ1v) is 14.6. The van der Waals surface area contributed by atoms with Gasteiger partial charge in [0, 0.05) is 78.1 Å². The number of benzene rings is 2. The SMILES string of the molecule is CC=O.CNCCn1c(C2CCCN(C(=O)CCCc3ccc(-c4cnc(N)nc4)cc3)C2)cc2c(Cl)cccc21. The maximum Gasteiger partial charge on any atom is 0.222 e. The molecular formula is C32H39ClN6O2. The molecule has 1 atom stereocenters. The predicted octanol–water partition coefficient (Wildman–Crippen LogP) is 5.49. The Bertz CT molecular complexity index is 1440. The van der Waals surface area contributed by atoms with Gasteiger partial charge in [-0.3, -0.25) is 4.79 Å². The summed E-state index contributed by atoms with van der Waals surface area (Å²) >= 11 is 6.54. The number of hydrogen-bond acceptors (Lipinski definition) is 6. The summed E-state index contributed by atoms with van der Waals surface area (Å²) in [6.45, 7) is 4.81. The van der Waals surface area contributed by atoms with Gasteiger partial charge >= 0.3 is 0 Å². The molecule has 1 aliphatic heterocycles. The number of carbonyl (C=O) groups excluding carboxylic acids is 2. The van der Waals surface area contributed by atoms with Crippen LogP contribution in [0.4, 0.5) is 5.95 Å². The first-order chi connectivity index (χ1) is 19.9. The molecule has 4 aromatic rings. The number of likely N-dealkylation sites (tertiary alicyclic amines) is 1. The topological polar surface area (TPSA) is 106 Å². The Kier molecular flexibility index (Phi) is 10.9. The van der Waals surface area contributed by atoms with Gasteiger partial charge in [0.2, 0.25) is 11.9 Å². The summed E-state index contributed by atoms with van der Waals surface area (Å²) in [7, 11) is 1.97. The molecule has 0 spiro atoms. The lowest BCUT2D eigenvalue weighted by Gasteiger charge is -2.33. The third-order valence-corrected chi connectivity index (χ3v) is 7.85. The van der Waals surface area contributed by atoms with Crippen LogP contribution in [0, 0.1) is 0 Å². The molecule has 1 unspecified atom stereocenters. The smallest absolute Gasteiger partial charge is 0.222 e. The minimum absolute atomic E-state index is 0.251. The van der Waals surface area contributed by atoms with Crippen LogP contribution in [0.15, 0.2) is 60.9 Å². The van der Waals surface area contributed by atoms with Gasteiger partial charge in [0.05, 0.1) is 0 Å². The lowest BCUT2D eigenvalue weighted by atomic mass is 9.94. The second-order valence-electron chi connectivity index (χ2n) is 10.3. The Labute approximate surface area is 246 Å². The summed E-state index contributed by atoms with van der Waals surface area (Å²) in [6, 6.07) is 16.7. The highest BCUT2D eigenvalue weighted by atomic mass is 35.5. The molecule has 5 rings (SSSR count). The molecule has 0 radical (unpaired) electrons. The highest BCUT2D eigenvalue weighted by Gasteiger charge is 2.27. The highest BCUT2D eigenvalue weighted by Crippen LogP contribution is 2.34. The van der Waals surface area contributed by atoms with Crippen molar-refractivity contribution < 1.29 is 9.59 Å². The number of aromatic nitrogens is 3. The monoisotopic (exact) mass is 574 g/mol. The van der Waals surface area contributed by atoms with E-state index in [1.165, 1.54) is 23.7 Å². The van der Waals surface area contributed by atoms with Crippen LogP contribution in [0.3, 0.4) is 0 Å². The largest absolute Gasteiger partial charge is 0.368 e. The summed E-state index contributed by atoms with van der Waals surface area (Å²) in [6.07, 6.45) is 8.60. The van der Waals surface area contributed by atoms with E-state index >= 15 is 0 Å². The third-order valence-electron chi connectivity index (χ3n) is 7.52. The number of carbonyl (C=O) groups is 2. The van der Waals surface area contributed by atoms with E-state index in [0.29, 0.717) is 12.3 Å². The Morgan fingerprint density at radius 1 is 1.15 bits per heavy atom. The van der Waals surface area contributed by atoms with Crippen molar-refractivity contribution in [3.8, 4) is 11.1 Å². The molecule has 216 valence electrons. The van der Waals surface area contributed by atoms with Crippen molar-refractivity contribution >= 4 is 40.6 Å². The van der Waals surface area contributed by atoms with Crippen LogP contribution in [-0.2, 0) is 22.6 Å². The van der Waals surface area contributed by atoms with Gasteiger partial charge in [-0.25, -0.2) is 9.97 Å². The van der Waals surface area contributed by atoms with Gasteiger partial charge in [-0.15, -0.1) is 0 Å². The molecule has 3 N–H and O–H groups in total. The van der Waals surface area contributed by atoms with E-state index in [4.69, 9.17) is 22.1 Å². The van der Waals surface area contributed by atoms with Crippen LogP contribution < -0.4 is 11.1 Å². The van der Waals surface area contributed by atoms with Crippen molar-refractivity contribution in [3.63, 3.8) is 0 Å². The predicted molar refractivity (Wildman–Crippen MR) is 166 cm³/mol. The molecule has 0 saturated carbocycles. The first-order valence-electron chi connectivity index (χ1n) is 14.2. The summed E-state index contributed by atoms with van der Waals surface area (Å²) in [5.74, 6) is 0.842. The van der Waals surface area contributed by atoms with E-state index < -0.39 is 0 Å². The first kappa shape index (κ1) is 30.2. The van der Waals surface area contributed by atoms with Crippen LogP contribution in [0.5, 0.6) is 0 Å². The Morgan fingerprint density at radius 2 is 1.88 bits per heavy atom. The molecule has 1 aliphatic rings. The normalized spacial score (nSPS) is 14.9. The second-order valence-corrected chi connectivity index (χ2v) is 10.7. The maximum absolute atomic E-state index is 13.2. The maximum atomic E-state index is 13.2. The van der Waals surface area contributed by atoms with Crippen molar-refractivity contribution in [3.05, 3.63) is 77.2 Å². The lowest BCUT2D eigenvalue weighted by molar-refractivity contribution is -0.132. The average Bonchev–Trinajstić information content (AvgIpc) is 3.37. The molecular weight excluding hydrogens is 536 g/mol. The van der Waals surface area contributed by atoms with Crippen LogP contribution >= 0.6 is 11.6 Å². The molecule has 8 nitrogen and oxygen atoms in total. The summed E-state index contributed by atoms with van der Waals surface area (Å²) < 4.78 is 2.39. The van der Waals surface area contributed by atoms with E-state index in [9.17, 15) is 4.79 Å². The average molecular weight is 575 g/mol. The number of hydrogen-bond donors (Lipinski definition) is 2. The Balaban J connectivity index is 0.00000124. The van der Waals surface area contributed by atoms with Crippen LogP contribution in [0.1, 0.15) is 49.8 Å². The fourth-order valence-corrected chi connectivity index (χ4v) is 5.70. The van der Waals surface area contributed by atoms with Crippen molar-refractivity contribution in [1.29, 1.82) is 0 Å². The molecule has 1 fully saturated rings. The zero-order chi connectivity index (χ0) is 29.2. The number of piperidine rings is 1. The van der Waals surface area contributed by atoms with Gasteiger partial charge in [0.15, 0.2) is 0 Å². The van der Waals surface area contributed by atoms with E-state index in [2.05, 4.69) is 61.1 Å². The lowest BCUT2D eigenvalue weighted by Crippen LogP contribution is -2.39. The molecule has 0 bridgehead atoms. The van der Waals surface area contributed by atoms with Crippen molar-refractivity contribution in [2.24, 2.45) is 0 Å². The molecule has 0 aliphatic carbocycles. The fourth-order valence-electron chi connectivity index (χ4n) is 5.48. The number of likely N-dealkylation sites (N-methyl/N-ethyl adjacent to an activating group) is 1. The fraction of sp³-hybridized carbons (Fsp3) is 0.375. The molecule has 3 heterocycles. The summed E-state index contributed by atoms with van der Waals surface area (Å²) in [4.78, 5) is 32.2. The number of fused-ring (bicyclic) bond motifs is 1. The minimum atomic E-state index is 0.251. The molecule has 1 saturated heterocycles. The zero-order valence-electron chi connectivity index (χ0n) is 23.9. The molecule has 41 heavy (non-hydrogen) atoms. The summed E-state index contributed by atoms with van der Waals surface area (Å²) in [5, 5.41) is 5.14. The van der Waals surface area contributed by atoms with Crippen LogP contribution in [0.25, 0.3) is 22.0 Å². The van der Waals surface area contributed by atoms with Gasteiger partial charge in [-0.2, -0.15) is 0 Å². The van der Waals surface area contributed by atoms with E-state index in [0.717, 1.165) is 79.7 Å². The van der Waals surface area contributed by atoms with E-state index in [1.54, 1.807) is 12.4 Å². The standard InChI is InChI=1S/C30H35ClN6O.C2H4O/c1-33-14-16-37-27-8-3-7-26(31)25(27)17-28(37)23-6-4-15-36(20-23)29(38)9-2-5-21-10-12-22(13-11-21)24-18-34-30(32)35-19-24;1-2-3/h3,7-8,10-13,17-19,23,33H,2,4-6,9,14-16,20H2,1H3,(H2,32,34,35);2H,1H3. The van der Waals surface area contributed by atoms with Crippen LogP contribution in [-0.4, -0.2) is 58.3 Å². The number of aldehydes is 1. The summed E-state index contributed by atoms with van der Waals surface area (Å²) in [5.41, 5.74) is 11.2. The highest BCUT2D eigenvalue weighted by molar-refractivity contribution is 6.35. The second kappa shape index (κ2) is 14.8. The van der Waals surface area contributed by atoms with E-state index in [1.807, 2.05) is 19.2 Å². The number of nitrogens with one attached hydrogen (secondary N) is 1. The van der Waals surface area contributed by atoms with Crippen molar-refractivity contribution in [1.82, 2.24) is 24.8 Å². The third kappa shape index (κ3) is 7.71. The van der Waals surface area contributed by atoms with Crippen LogP contribution in [0.2, 0.25) is 5.02 Å². The molecule has 2 aromatic carbocycles. The number of nitrogens with zero attached hydrogens (tertiary/aromatic N) is 4.